The molecule has 1 heterocycles. The molecule has 1 aromatic carbocycles. The van der Waals surface area contributed by atoms with Crippen LogP contribution < -0.4 is 4.74 Å². The zero-order valence-corrected chi connectivity index (χ0v) is 10.8. The Balaban J connectivity index is 1.78. The van der Waals surface area contributed by atoms with E-state index in [9.17, 15) is 9.90 Å². The maximum atomic E-state index is 11.6. The molecule has 4 heteroatoms. The molecule has 0 radical (unpaired) electrons. The molecule has 1 aromatic rings. The number of carboxylic acids is 1. The third-order valence-corrected chi connectivity index (χ3v) is 4.18. The lowest BCUT2D eigenvalue weighted by atomic mass is 9.79. The molecule has 1 saturated carbocycles. The lowest BCUT2D eigenvalue weighted by Crippen LogP contribution is -2.38. The zero-order chi connectivity index (χ0) is 13.3. The van der Waals surface area contributed by atoms with E-state index in [1.165, 1.54) is 0 Å². The fourth-order valence-electron chi connectivity index (χ4n) is 2.93. The Kier molecular flexibility index (Phi) is 3.19. The first-order valence-electron chi connectivity index (χ1n) is 6.79. The van der Waals surface area contributed by atoms with Crippen LogP contribution in [0.1, 0.15) is 31.2 Å². The van der Waals surface area contributed by atoms with Gasteiger partial charge in [0.1, 0.15) is 11.9 Å². The van der Waals surface area contributed by atoms with Gasteiger partial charge in [-0.25, -0.2) is 0 Å². The van der Waals surface area contributed by atoms with Gasteiger partial charge in [0.15, 0.2) is 0 Å². The largest absolute Gasteiger partial charge is 0.486 e. The summed E-state index contributed by atoms with van der Waals surface area (Å²) in [5, 5.41) is 9.53. The van der Waals surface area contributed by atoms with Crippen LogP contribution in [-0.4, -0.2) is 30.4 Å². The second-order valence-corrected chi connectivity index (χ2v) is 5.40. The topological polar surface area (TPSA) is 55.8 Å². The molecular weight excluding hydrogens is 244 g/mol. The average Bonchev–Trinajstić information content (AvgIpc) is 2.85. The molecule has 1 N–H and O–H groups in total. The number of hydrogen-bond acceptors (Lipinski definition) is 3. The lowest BCUT2D eigenvalue weighted by molar-refractivity contribution is -0.143. The standard InChI is InChI=1S/C15H18O4/c16-14(17)15(7-1-2-8-15)11-3-5-12(6-4-11)19-13-9-18-10-13/h3-6,13H,1-2,7-10H2,(H,16,17). The molecule has 0 unspecified atom stereocenters. The van der Waals surface area contributed by atoms with E-state index in [1.54, 1.807) is 0 Å². The highest BCUT2D eigenvalue weighted by Crippen LogP contribution is 2.41. The van der Waals surface area contributed by atoms with E-state index < -0.39 is 11.4 Å². The van der Waals surface area contributed by atoms with Crippen molar-refractivity contribution in [2.75, 3.05) is 13.2 Å². The van der Waals surface area contributed by atoms with Crippen LogP contribution in [0, 0.1) is 0 Å². The van der Waals surface area contributed by atoms with Gasteiger partial charge in [0, 0.05) is 0 Å². The number of benzene rings is 1. The Hall–Kier alpha value is -1.55. The van der Waals surface area contributed by atoms with Crippen molar-refractivity contribution in [2.24, 2.45) is 0 Å². The van der Waals surface area contributed by atoms with Crippen LogP contribution in [0.3, 0.4) is 0 Å². The number of hydrogen-bond donors (Lipinski definition) is 1. The molecule has 19 heavy (non-hydrogen) atoms. The Morgan fingerprint density at radius 3 is 2.32 bits per heavy atom. The van der Waals surface area contributed by atoms with Crippen molar-refractivity contribution in [3.05, 3.63) is 29.8 Å². The highest BCUT2D eigenvalue weighted by molar-refractivity contribution is 5.81. The van der Waals surface area contributed by atoms with Gasteiger partial charge in [-0.15, -0.1) is 0 Å². The predicted molar refractivity (Wildman–Crippen MR) is 69.5 cm³/mol. The van der Waals surface area contributed by atoms with Gasteiger partial charge in [-0.3, -0.25) is 4.79 Å². The fourth-order valence-corrected chi connectivity index (χ4v) is 2.93. The summed E-state index contributed by atoms with van der Waals surface area (Å²) < 4.78 is 10.7. The predicted octanol–water partition coefficient (Wildman–Crippen LogP) is 2.36. The van der Waals surface area contributed by atoms with Gasteiger partial charge in [0.05, 0.1) is 18.6 Å². The monoisotopic (exact) mass is 262 g/mol. The molecule has 4 nitrogen and oxygen atoms in total. The molecule has 1 saturated heterocycles. The quantitative estimate of drug-likeness (QED) is 0.905. The van der Waals surface area contributed by atoms with Crippen molar-refractivity contribution < 1.29 is 19.4 Å². The summed E-state index contributed by atoms with van der Waals surface area (Å²) in [4.78, 5) is 11.6. The van der Waals surface area contributed by atoms with Gasteiger partial charge in [0.25, 0.3) is 0 Å². The van der Waals surface area contributed by atoms with Crippen molar-refractivity contribution in [3.8, 4) is 5.75 Å². The second-order valence-electron chi connectivity index (χ2n) is 5.40. The number of carbonyl (C=O) groups is 1. The van der Waals surface area contributed by atoms with E-state index in [1.807, 2.05) is 24.3 Å². The number of rotatable bonds is 4. The van der Waals surface area contributed by atoms with Crippen LogP contribution in [0.4, 0.5) is 0 Å². The minimum absolute atomic E-state index is 0.144. The lowest BCUT2D eigenvalue weighted by Gasteiger charge is -2.28. The molecule has 0 aromatic heterocycles. The molecule has 0 spiro atoms. The van der Waals surface area contributed by atoms with Crippen molar-refractivity contribution in [2.45, 2.75) is 37.2 Å². The summed E-state index contributed by atoms with van der Waals surface area (Å²) in [6, 6.07) is 7.54. The minimum Gasteiger partial charge on any atom is -0.486 e. The molecular formula is C15H18O4. The average molecular weight is 262 g/mol. The zero-order valence-electron chi connectivity index (χ0n) is 10.8. The molecule has 1 aliphatic carbocycles. The Bertz CT molecular complexity index is 456. The smallest absolute Gasteiger partial charge is 0.314 e. The summed E-state index contributed by atoms with van der Waals surface area (Å²) in [6.07, 6.45) is 3.59. The molecule has 2 fully saturated rings. The molecule has 2 aliphatic rings. The first-order valence-corrected chi connectivity index (χ1v) is 6.79. The summed E-state index contributed by atoms with van der Waals surface area (Å²) >= 11 is 0. The Morgan fingerprint density at radius 2 is 1.84 bits per heavy atom. The van der Waals surface area contributed by atoms with Gasteiger partial charge in [-0.05, 0) is 30.5 Å². The number of carboxylic acid groups (broad SMARTS) is 1. The van der Waals surface area contributed by atoms with Crippen molar-refractivity contribution in [3.63, 3.8) is 0 Å². The van der Waals surface area contributed by atoms with Crippen LogP contribution in [0.25, 0.3) is 0 Å². The Labute approximate surface area is 112 Å². The van der Waals surface area contributed by atoms with Crippen molar-refractivity contribution >= 4 is 5.97 Å². The SMILES string of the molecule is O=C(O)C1(c2ccc(OC3COC3)cc2)CCCC1. The third kappa shape index (κ3) is 2.21. The van der Waals surface area contributed by atoms with E-state index in [2.05, 4.69) is 0 Å². The Morgan fingerprint density at radius 1 is 1.21 bits per heavy atom. The minimum atomic E-state index is -0.703. The maximum Gasteiger partial charge on any atom is 0.314 e. The van der Waals surface area contributed by atoms with Crippen LogP contribution >= 0.6 is 0 Å². The number of aliphatic carboxylic acids is 1. The van der Waals surface area contributed by atoms with E-state index in [-0.39, 0.29) is 6.10 Å². The summed E-state index contributed by atoms with van der Waals surface area (Å²) in [7, 11) is 0. The highest BCUT2D eigenvalue weighted by Gasteiger charge is 2.42. The second kappa shape index (κ2) is 4.85. The van der Waals surface area contributed by atoms with E-state index in [0.717, 1.165) is 37.0 Å². The van der Waals surface area contributed by atoms with E-state index >= 15 is 0 Å². The number of ether oxygens (including phenoxy) is 2. The summed E-state index contributed by atoms with van der Waals surface area (Å²) in [5.41, 5.74) is 0.215. The first kappa shape index (κ1) is 12.5. The molecule has 0 bridgehead atoms. The van der Waals surface area contributed by atoms with Gasteiger partial charge < -0.3 is 14.6 Å². The summed E-state index contributed by atoms with van der Waals surface area (Å²) in [5.74, 6) is 0.0849. The van der Waals surface area contributed by atoms with Crippen molar-refractivity contribution in [1.29, 1.82) is 0 Å². The third-order valence-electron chi connectivity index (χ3n) is 4.18. The van der Waals surface area contributed by atoms with Gasteiger partial charge in [-0.2, -0.15) is 0 Å². The van der Waals surface area contributed by atoms with E-state index in [4.69, 9.17) is 9.47 Å². The highest BCUT2D eigenvalue weighted by atomic mass is 16.6. The molecule has 0 atom stereocenters. The normalized spacial score (nSPS) is 21.9. The molecule has 1 aliphatic heterocycles. The molecule has 0 amide bonds. The van der Waals surface area contributed by atoms with Gasteiger partial charge >= 0.3 is 5.97 Å². The maximum absolute atomic E-state index is 11.6. The van der Waals surface area contributed by atoms with Gasteiger partial charge in [0.2, 0.25) is 0 Å². The molecule has 3 rings (SSSR count). The van der Waals surface area contributed by atoms with Crippen LogP contribution in [-0.2, 0) is 14.9 Å². The van der Waals surface area contributed by atoms with Crippen LogP contribution in [0.5, 0.6) is 5.75 Å². The van der Waals surface area contributed by atoms with Crippen LogP contribution in [0.2, 0.25) is 0 Å². The summed E-state index contributed by atoms with van der Waals surface area (Å²) in [6.45, 7) is 1.28. The van der Waals surface area contributed by atoms with Gasteiger partial charge in [-0.1, -0.05) is 25.0 Å². The van der Waals surface area contributed by atoms with Crippen LogP contribution in [0.15, 0.2) is 24.3 Å². The first-order chi connectivity index (χ1) is 9.21. The molecule has 102 valence electrons. The van der Waals surface area contributed by atoms with Crippen molar-refractivity contribution in [1.82, 2.24) is 0 Å². The fraction of sp³-hybridized carbons (Fsp3) is 0.533. The van der Waals surface area contributed by atoms with E-state index in [0.29, 0.717) is 13.2 Å².